The lowest BCUT2D eigenvalue weighted by molar-refractivity contribution is 0.0812. The van der Waals surface area contributed by atoms with Gasteiger partial charge in [-0.25, -0.2) is 9.59 Å². The minimum atomic E-state index is -0.836. The van der Waals surface area contributed by atoms with Gasteiger partial charge in [0.2, 0.25) is 0 Å². The van der Waals surface area contributed by atoms with E-state index in [2.05, 4.69) is 17.2 Å². The van der Waals surface area contributed by atoms with Crippen LogP contribution in [0.2, 0.25) is 0 Å². The van der Waals surface area contributed by atoms with Crippen LogP contribution in [-0.2, 0) is 9.47 Å². The van der Waals surface area contributed by atoms with Gasteiger partial charge >= 0.3 is 12.2 Å². The second kappa shape index (κ2) is 9.47. The molecule has 0 aliphatic heterocycles. The molecule has 0 aromatic heterocycles. The van der Waals surface area contributed by atoms with Crippen LogP contribution in [0.3, 0.4) is 0 Å². The van der Waals surface area contributed by atoms with Gasteiger partial charge in [-0.05, 0) is 32.1 Å². The Morgan fingerprint density at radius 2 is 1.74 bits per heavy atom. The molecule has 108 valence electrons. The summed E-state index contributed by atoms with van der Waals surface area (Å²) in [5, 5.41) is 6.38. The van der Waals surface area contributed by atoms with E-state index in [0.717, 1.165) is 44.9 Å². The SMILES string of the molecule is CCCCCOC(=O)/N=N/C(=O)OC1CCCCC1. The normalized spacial score (nSPS) is 16.5. The highest BCUT2D eigenvalue weighted by Gasteiger charge is 2.17. The second-order valence-electron chi connectivity index (χ2n) is 4.67. The number of ether oxygens (including phenoxy) is 2. The predicted octanol–water partition coefficient (Wildman–Crippen LogP) is 4.23. The fourth-order valence-corrected chi connectivity index (χ4v) is 1.97. The molecule has 6 nitrogen and oxygen atoms in total. The molecule has 2 amide bonds. The van der Waals surface area contributed by atoms with Crippen molar-refractivity contribution in [3.8, 4) is 0 Å². The Hall–Kier alpha value is -1.46. The molecule has 1 aliphatic rings. The van der Waals surface area contributed by atoms with E-state index in [9.17, 15) is 9.59 Å². The maximum absolute atomic E-state index is 11.3. The standard InChI is InChI=1S/C13H22N2O4/c1-2-3-7-10-18-12(16)14-15-13(17)19-11-8-5-4-6-9-11/h11H,2-10H2,1H3/b15-14+. The number of rotatable bonds is 5. The first-order chi connectivity index (χ1) is 9.22. The Labute approximate surface area is 113 Å². The van der Waals surface area contributed by atoms with Crippen molar-refractivity contribution >= 4 is 12.2 Å². The number of unbranched alkanes of at least 4 members (excludes halogenated alkanes) is 2. The molecule has 0 spiro atoms. The van der Waals surface area contributed by atoms with E-state index in [4.69, 9.17) is 9.47 Å². The Morgan fingerprint density at radius 1 is 1.05 bits per heavy atom. The molecule has 1 fully saturated rings. The molecule has 0 heterocycles. The largest absolute Gasteiger partial charge is 0.452 e. The van der Waals surface area contributed by atoms with Gasteiger partial charge in [-0.2, -0.15) is 0 Å². The van der Waals surface area contributed by atoms with E-state index in [1.807, 2.05) is 0 Å². The second-order valence-corrected chi connectivity index (χ2v) is 4.67. The lowest BCUT2D eigenvalue weighted by atomic mass is 9.98. The summed E-state index contributed by atoms with van der Waals surface area (Å²) in [5.41, 5.74) is 0. The Bertz CT molecular complexity index is 312. The lowest BCUT2D eigenvalue weighted by Crippen LogP contribution is -2.18. The first-order valence-corrected chi connectivity index (χ1v) is 7.01. The third-order valence-electron chi connectivity index (χ3n) is 3.01. The fraction of sp³-hybridized carbons (Fsp3) is 0.846. The molecule has 1 aliphatic carbocycles. The van der Waals surface area contributed by atoms with Gasteiger partial charge in [0.1, 0.15) is 6.10 Å². The minimum absolute atomic E-state index is 0.0826. The predicted molar refractivity (Wildman–Crippen MR) is 69.1 cm³/mol. The van der Waals surface area contributed by atoms with Gasteiger partial charge in [0.15, 0.2) is 0 Å². The topological polar surface area (TPSA) is 77.3 Å². The van der Waals surface area contributed by atoms with Gasteiger partial charge < -0.3 is 9.47 Å². The average Bonchev–Trinajstić information content (AvgIpc) is 2.42. The van der Waals surface area contributed by atoms with Gasteiger partial charge in [-0.1, -0.05) is 36.4 Å². The minimum Gasteiger partial charge on any atom is -0.447 e. The molecule has 0 unspecified atom stereocenters. The van der Waals surface area contributed by atoms with E-state index in [1.54, 1.807) is 0 Å². The van der Waals surface area contributed by atoms with E-state index in [1.165, 1.54) is 6.42 Å². The molecule has 0 aromatic rings. The van der Waals surface area contributed by atoms with Gasteiger partial charge in [0.25, 0.3) is 0 Å². The number of hydrogen-bond acceptors (Lipinski definition) is 4. The van der Waals surface area contributed by atoms with Crippen LogP contribution in [0.4, 0.5) is 9.59 Å². The maximum atomic E-state index is 11.3. The zero-order chi connectivity index (χ0) is 13.9. The molecule has 1 saturated carbocycles. The van der Waals surface area contributed by atoms with E-state index in [0.29, 0.717) is 6.61 Å². The van der Waals surface area contributed by atoms with Crippen LogP contribution in [0.1, 0.15) is 58.3 Å². The fourth-order valence-electron chi connectivity index (χ4n) is 1.97. The van der Waals surface area contributed by atoms with Crippen LogP contribution in [0.5, 0.6) is 0 Å². The van der Waals surface area contributed by atoms with Crippen LogP contribution in [0.25, 0.3) is 0 Å². The Kier molecular flexibility index (Phi) is 7.77. The van der Waals surface area contributed by atoms with Crippen molar-refractivity contribution in [1.82, 2.24) is 0 Å². The van der Waals surface area contributed by atoms with Crippen LogP contribution in [0, 0.1) is 0 Å². The first-order valence-electron chi connectivity index (χ1n) is 7.01. The summed E-state index contributed by atoms with van der Waals surface area (Å²) in [6.07, 6.45) is 6.15. The number of nitrogens with zero attached hydrogens (tertiary/aromatic N) is 2. The summed E-state index contributed by atoms with van der Waals surface area (Å²) in [5.74, 6) is 0. The summed E-state index contributed by atoms with van der Waals surface area (Å²) < 4.78 is 9.85. The zero-order valence-corrected chi connectivity index (χ0v) is 11.5. The van der Waals surface area contributed by atoms with Crippen molar-refractivity contribution in [1.29, 1.82) is 0 Å². The third-order valence-corrected chi connectivity index (χ3v) is 3.01. The Balaban J connectivity index is 2.15. The molecule has 0 aromatic carbocycles. The van der Waals surface area contributed by atoms with Crippen LogP contribution in [0.15, 0.2) is 10.2 Å². The lowest BCUT2D eigenvalue weighted by Gasteiger charge is -2.20. The quantitative estimate of drug-likeness (QED) is 0.553. The average molecular weight is 270 g/mol. The van der Waals surface area contributed by atoms with Gasteiger partial charge in [0.05, 0.1) is 6.61 Å². The monoisotopic (exact) mass is 270 g/mol. The van der Waals surface area contributed by atoms with E-state index in [-0.39, 0.29) is 6.10 Å². The van der Waals surface area contributed by atoms with Crippen molar-refractivity contribution in [2.45, 2.75) is 64.4 Å². The number of azo groups is 1. The van der Waals surface area contributed by atoms with Gasteiger partial charge in [-0.15, -0.1) is 0 Å². The number of carbonyl (C=O) groups is 2. The van der Waals surface area contributed by atoms with Crippen LogP contribution in [-0.4, -0.2) is 24.9 Å². The summed E-state index contributed by atoms with van der Waals surface area (Å²) >= 11 is 0. The highest BCUT2D eigenvalue weighted by atomic mass is 16.6. The molecule has 1 rings (SSSR count). The zero-order valence-electron chi connectivity index (χ0n) is 11.5. The summed E-state index contributed by atoms with van der Waals surface area (Å²) in [6, 6.07) is 0. The summed E-state index contributed by atoms with van der Waals surface area (Å²) in [6.45, 7) is 2.37. The number of amides is 2. The molecule has 0 saturated heterocycles. The van der Waals surface area contributed by atoms with Crippen molar-refractivity contribution in [3.05, 3.63) is 0 Å². The number of carbonyl (C=O) groups excluding carboxylic acids is 2. The molecule has 0 radical (unpaired) electrons. The van der Waals surface area contributed by atoms with E-state index < -0.39 is 12.2 Å². The van der Waals surface area contributed by atoms with Gasteiger partial charge in [0, 0.05) is 0 Å². The van der Waals surface area contributed by atoms with Crippen molar-refractivity contribution in [3.63, 3.8) is 0 Å². The van der Waals surface area contributed by atoms with E-state index >= 15 is 0 Å². The van der Waals surface area contributed by atoms with Crippen molar-refractivity contribution in [2.75, 3.05) is 6.61 Å². The molecular weight excluding hydrogens is 248 g/mol. The first kappa shape index (κ1) is 15.6. The Morgan fingerprint density at radius 3 is 2.42 bits per heavy atom. The highest BCUT2D eigenvalue weighted by molar-refractivity contribution is 5.73. The highest BCUT2D eigenvalue weighted by Crippen LogP contribution is 2.20. The molecule has 0 N–H and O–H groups in total. The third kappa shape index (κ3) is 7.54. The molecule has 19 heavy (non-hydrogen) atoms. The number of hydrogen-bond donors (Lipinski definition) is 0. The summed E-state index contributed by atoms with van der Waals surface area (Å²) in [7, 11) is 0. The van der Waals surface area contributed by atoms with Crippen molar-refractivity contribution in [2.24, 2.45) is 10.2 Å². The smallest absolute Gasteiger partial charge is 0.447 e. The van der Waals surface area contributed by atoms with Crippen LogP contribution >= 0.6 is 0 Å². The molecule has 0 bridgehead atoms. The van der Waals surface area contributed by atoms with Crippen LogP contribution < -0.4 is 0 Å². The molecule has 6 heteroatoms. The van der Waals surface area contributed by atoms with Gasteiger partial charge in [-0.3, -0.25) is 0 Å². The molecule has 0 atom stereocenters. The molecular formula is C13H22N2O4. The van der Waals surface area contributed by atoms with Crippen molar-refractivity contribution < 1.29 is 19.1 Å². The maximum Gasteiger partial charge on any atom is 0.452 e. The summed E-state index contributed by atoms with van der Waals surface area (Å²) in [4.78, 5) is 22.4.